The minimum atomic E-state index is -0.734. The molecule has 0 unspecified atom stereocenters. The van der Waals surface area contributed by atoms with E-state index in [1.807, 2.05) is 19.1 Å². The molecule has 0 fully saturated rings. The molecule has 0 aliphatic heterocycles. The zero-order chi connectivity index (χ0) is 14.5. The second-order valence-electron chi connectivity index (χ2n) is 5.76. The fraction of sp³-hybridized carbons (Fsp3) is 0.562. The molecule has 0 saturated carbocycles. The van der Waals surface area contributed by atoms with Crippen molar-refractivity contribution in [2.75, 3.05) is 6.61 Å². The Morgan fingerprint density at radius 1 is 1.32 bits per heavy atom. The highest BCUT2D eigenvalue weighted by molar-refractivity contribution is 5.66. The molecule has 0 amide bonds. The largest absolute Gasteiger partial charge is 0.494 e. The van der Waals surface area contributed by atoms with Gasteiger partial charge in [-0.25, -0.2) is 0 Å². The van der Waals surface area contributed by atoms with Gasteiger partial charge in [0.2, 0.25) is 0 Å². The summed E-state index contributed by atoms with van der Waals surface area (Å²) in [4.78, 5) is 10.5. The highest BCUT2D eigenvalue weighted by Crippen LogP contribution is 2.32. The molecule has 1 aromatic carbocycles. The van der Waals surface area contributed by atoms with Crippen LogP contribution in [0.5, 0.6) is 5.75 Å². The molecular weight excluding hydrogens is 240 g/mol. The van der Waals surface area contributed by atoms with E-state index < -0.39 is 5.97 Å². The SMILES string of the molecule is CCOc1ccc(CCCC(=O)O)cc1C(C)(C)C. The van der Waals surface area contributed by atoms with E-state index >= 15 is 0 Å². The van der Waals surface area contributed by atoms with Crippen molar-refractivity contribution in [3.63, 3.8) is 0 Å². The van der Waals surface area contributed by atoms with Gasteiger partial charge in [0, 0.05) is 6.42 Å². The van der Waals surface area contributed by atoms with Crippen LogP contribution in [0, 0.1) is 0 Å². The molecule has 1 aromatic rings. The summed E-state index contributed by atoms with van der Waals surface area (Å²) < 4.78 is 5.67. The van der Waals surface area contributed by atoms with Gasteiger partial charge in [-0.15, -0.1) is 0 Å². The quantitative estimate of drug-likeness (QED) is 0.850. The van der Waals surface area contributed by atoms with Crippen molar-refractivity contribution < 1.29 is 14.6 Å². The van der Waals surface area contributed by atoms with Gasteiger partial charge in [-0.2, -0.15) is 0 Å². The molecule has 19 heavy (non-hydrogen) atoms. The van der Waals surface area contributed by atoms with Crippen LogP contribution in [0.3, 0.4) is 0 Å². The van der Waals surface area contributed by atoms with Gasteiger partial charge in [-0.05, 0) is 42.4 Å². The van der Waals surface area contributed by atoms with Crippen LogP contribution in [0.2, 0.25) is 0 Å². The van der Waals surface area contributed by atoms with Crippen LogP contribution in [0.4, 0.5) is 0 Å². The number of aliphatic carboxylic acids is 1. The maximum Gasteiger partial charge on any atom is 0.303 e. The maximum absolute atomic E-state index is 10.5. The molecule has 1 N–H and O–H groups in total. The van der Waals surface area contributed by atoms with E-state index in [4.69, 9.17) is 9.84 Å². The van der Waals surface area contributed by atoms with Crippen LogP contribution in [0.1, 0.15) is 51.7 Å². The lowest BCUT2D eigenvalue weighted by molar-refractivity contribution is -0.137. The van der Waals surface area contributed by atoms with Crippen LogP contribution >= 0.6 is 0 Å². The molecule has 1 rings (SSSR count). The van der Waals surface area contributed by atoms with Crippen LogP contribution in [-0.4, -0.2) is 17.7 Å². The Morgan fingerprint density at radius 3 is 2.53 bits per heavy atom. The van der Waals surface area contributed by atoms with Crippen LogP contribution < -0.4 is 4.74 Å². The normalized spacial score (nSPS) is 11.4. The number of aryl methyl sites for hydroxylation is 1. The first-order chi connectivity index (χ1) is 8.84. The molecule has 106 valence electrons. The van der Waals surface area contributed by atoms with E-state index in [0.717, 1.165) is 12.2 Å². The van der Waals surface area contributed by atoms with Crippen molar-refractivity contribution in [3.8, 4) is 5.75 Å². The monoisotopic (exact) mass is 264 g/mol. The van der Waals surface area contributed by atoms with E-state index in [-0.39, 0.29) is 11.8 Å². The van der Waals surface area contributed by atoms with Gasteiger partial charge in [0.15, 0.2) is 0 Å². The third-order valence-electron chi connectivity index (χ3n) is 3.01. The van der Waals surface area contributed by atoms with Gasteiger partial charge in [-0.3, -0.25) is 4.79 Å². The first kappa shape index (κ1) is 15.5. The number of carbonyl (C=O) groups is 1. The number of rotatable bonds is 6. The predicted octanol–water partition coefficient (Wildman–Crippen LogP) is 3.79. The topological polar surface area (TPSA) is 46.5 Å². The lowest BCUT2D eigenvalue weighted by Crippen LogP contribution is -2.14. The average molecular weight is 264 g/mol. The molecule has 0 aliphatic carbocycles. The number of benzene rings is 1. The number of hydrogen-bond acceptors (Lipinski definition) is 2. The minimum absolute atomic E-state index is 0.0211. The Labute approximate surface area is 115 Å². The summed E-state index contributed by atoms with van der Waals surface area (Å²) in [6, 6.07) is 6.18. The molecule has 0 atom stereocenters. The van der Waals surface area contributed by atoms with Crippen molar-refractivity contribution in [1.29, 1.82) is 0 Å². The van der Waals surface area contributed by atoms with Crippen LogP contribution in [0.25, 0.3) is 0 Å². The molecule has 0 saturated heterocycles. The Bertz CT molecular complexity index is 430. The summed E-state index contributed by atoms with van der Waals surface area (Å²) in [6.07, 6.45) is 1.69. The Kier molecular flexibility index (Phi) is 5.40. The fourth-order valence-electron chi connectivity index (χ4n) is 2.04. The molecule has 0 spiro atoms. The highest BCUT2D eigenvalue weighted by Gasteiger charge is 2.19. The number of carboxylic acid groups (broad SMARTS) is 1. The summed E-state index contributed by atoms with van der Waals surface area (Å²) >= 11 is 0. The average Bonchev–Trinajstić information content (AvgIpc) is 2.29. The van der Waals surface area contributed by atoms with Gasteiger partial charge in [0.1, 0.15) is 5.75 Å². The van der Waals surface area contributed by atoms with Crippen molar-refractivity contribution in [2.45, 2.75) is 52.4 Å². The van der Waals surface area contributed by atoms with Gasteiger partial charge < -0.3 is 9.84 Å². The van der Waals surface area contributed by atoms with E-state index in [1.54, 1.807) is 0 Å². The summed E-state index contributed by atoms with van der Waals surface area (Å²) in [6.45, 7) is 9.11. The Balaban J connectivity index is 2.88. The van der Waals surface area contributed by atoms with Crippen LogP contribution in [-0.2, 0) is 16.6 Å². The summed E-state index contributed by atoms with van der Waals surface area (Å²) in [5, 5.41) is 8.67. The first-order valence-electron chi connectivity index (χ1n) is 6.82. The maximum atomic E-state index is 10.5. The number of ether oxygens (including phenoxy) is 1. The van der Waals surface area contributed by atoms with Crippen molar-refractivity contribution in [3.05, 3.63) is 29.3 Å². The van der Waals surface area contributed by atoms with Gasteiger partial charge in [-0.1, -0.05) is 32.9 Å². The zero-order valence-corrected chi connectivity index (χ0v) is 12.3. The third kappa shape index (κ3) is 4.93. The van der Waals surface area contributed by atoms with E-state index in [0.29, 0.717) is 13.0 Å². The molecule has 0 bridgehead atoms. The molecule has 3 heteroatoms. The Hall–Kier alpha value is -1.51. The number of carboxylic acids is 1. The zero-order valence-electron chi connectivity index (χ0n) is 12.3. The summed E-state index contributed by atoms with van der Waals surface area (Å²) in [5.74, 6) is 0.193. The van der Waals surface area contributed by atoms with E-state index in [9.17, 15) is 4.79 Å². The summed E-state index contributed by atoms with van der Waals surface area (Å²) in [5.41, 5.74) is 2.38. The van der Waals surface area contributed by atoms with E-state index in [2.05, 4.69) is 26.8 Å². The van der Waals surface area contributed by atoms with Gasteiger partial charge in [0.25, 0.3) is 0 Å². The molecule has 0 aromatic heterocycles. The van der Waals surface area contributed by atoms with Crippen molar-refractivity contribution in [2.24, 2.45) is 0 Å². The molecule has 3 nitrogen and oxygen atoms in total. The second-order valence-corrected chi connectivity index (χ2v) is 5.76. The van der Waals surface area contributed by atoms with Crippen molar-refractivity contribution in [1.82, 2.24) is 0 Å². The lowest BCUT2D eigenvalue weighted by atomic mass is 9.85. The molecule has 0 heterocycles. The van der Waals surface area contributed by atoms with Gasteiger partial charge in [0.05, 0.1) is 6.61 Å². The Morgan fingerprint density at radius 2 is 2.00 bits per heavy atom. The highest BCUT2D eigenvalue weighted by atomic mass is 16.5. The van der Waals surface area contributed by atoms with E-state index in [1.165, 1.54) is 11.1 Å². The standard InChI is InChI=1S/C16H24O3/c1-5-19-14-10-9-12(7-6-8-15(17)18)11-13(14)16(2,3)4/h9-11H,5-8H2,1-4H3,(H,17,18). The van der Waals surface area contributed by atoms with Gasteiger partial charge >= 0.3 is 5.97 Å². The van der Waals surface area contributed by atoms with Crippen LogP contribution in [0.15, 0.2) is 18.2 Å². The minimum Gasteiger partial charge on any atom is -0.494 e. The summed E-state index contributed by atoms with van der Waals surface area (Å²) in [7, 11) is 0. The molecule has 0 radical (unpaired) electrons. The lowest BCUT2D eigenvalue weighted by Gasteiger charge is -2.23. The first-order valence-corrected chi connectivity index (χ1v) is 6.82. The fourth-order valence-corrected chi connectivity index (χ4v) is 2.04. The second kappa shape index (κ2) is 6.60. The number of hydrogen-bond donors (Lipinski definition) is 1. The van der Waals surface area contributed by atoms with Crippen molar-refractivity contribution >= 4 is 5.97 Å². The predicted molar refractivity (Wildman–Crippen MR) is 76.9 cm³/mol. The third-order valence-corrected chi connectivity index (χ3v) is 3.01. The molecular formula is C16H24O3. The smallest absolute Gasteiger partial charge is 0.303 e. The molecule has 0 aliphatic rings.